The lowest BCUT2D eigenvalue weighted by Crippen LogP contribution is -2.07. The fraction of sp³-hybridized carbons (Fsp3) is 0.278. The van der Waals surface area contributed by atoms with Crippen molar-refractivity contribution in [3.63, 3.8) is 0 Å². The molecule has 6 heteroatoms. The van der Waals surface area contributed by atoms with Crippen LogP contribution in [0.3, 0.4) is 0 Å². The Hall–Kier alpha value is -2.50. The Morgan fingerprint density at radius 3 is 2.38 bits per heavy atom. The molecule has 0 saturated carbocycles. The van der Waals surface area contributed by atoms with Crippen molar-refractivity contribution in [1.82, 2.24) is 4.90 Å². The summed E-state index contributed by atoms with van der Waals surface area (Å²) in [6, 6.07) is 8.46. The van der Waals surface area contributed by atoms with Gasteiger partial charge < -0.3 is 9.64 Å². The Bertz CT molecular complexity index is 752. The highest BCUT2D eigenvalue weighted by Gasteiger charge is 2.30. The smallest absolute Gasteiger partial charge is 0.416 e. The van der Waals surface area contributed by atoms with Crippen LogP contribution in [0.1, 0.15) is 16.7 Å². The molecule has 24 heavy (non-hydrogen) atoms. The van der Waals surface area contributed by atoms with Crippen molar-refractivity contribution in [3.05, 3.63) is 53.1 Å². The number of rotatable bonds is 4. The number of hydrogen-bond acceptors (Lipinski definition) is 2. The van der Waals surface area contributed by atoms with Crippen molar-refractivity contribution in [1.29, 1.82) is 0 Å². The summed E-state index contributed by atoms with van der Waals surface area (Å²) < 4.78 is 44.0. The number of halogens is 3. The maximum Gasteiger partial charge on any atom is 0.416 e. The van der Waals surface area contributed by atoms with Gasteiger partial charge in [-0.3, -0.25) is 0 Å². The standard InChI is InChI=1S/C18H19F3N2O/c1-12-9-17(13(2)8-16(12)22-11-23(3)4)24-15-7-5-6-14(10-15)18(19,20)21/h5-11H,1-4H3/b22-11+. The number of aliphatic imine (C=N–C) groups is 1. The Morgan fingerprint density at radius 2 is 1.75 bits per heavy atom. The lowest BCUT2D eigenvalue weighted by atomic mass is 10.1. The third kappa shape index (κ3) is 4.50. The molecule has 0 fully saturated rings. The van der Waals surface area contributed by atoms with Gasteiger partial charge in [0.05, 0.1) is 17.6 Å². The molecule has 3 nitrogen and oxygen atoms in total. The maximum absolute atomic E-state index is 12.8. The van der Waals surface area contributed by atoms with Crippen molar-refractivity contribution in [2.75, 3.05) is 14.1 Å². The average molecular weight is 336 g/mol. The van der Waals surface area contributed by atoms with Crippen LogP contribution in [0.2, 0.25) is 0 Å². The van der Waals surface area contributed by atoms with Gasteiger partial charge in [0, 0.05) is 14.1 Å². The van der Waals surface area contributed by atoms with Crippen molar-refractivity contribution in [3.8, 4) is 11.5 Å². The first kappa shape index (κ1) is 17.8. The zero-order valence-corrected chi connectivity index (χ0v) is 14.0. The number of hydrogen-bond donors (Lipinski definition) is 0. The molecule has 0 N–H and O–H groups in total. The molecule has 128 valence electrons. The molecule has 2 aromatic rings. The third-order valence-electron chi connectivity index (χ3n) is 3.31. The van der Waals surface area contributed by atoms with Crippen LogP contribution in [0.25, 0.3) is 0 Å². The molecule has 0 aromatic heterocycles. The number of benzene rings is 2. The summed E-state index contributed by atoms with van der Waals surface area (Å²) in [5.74, 6) is 0.660. The van der Waals surface area contributed by atoms with Gasteiger partial charge in [-0.2, -0.15) is 13.2 Å². The largest absolute Gasteiger partial charge is 0.457 e. The summed E-state index contributed by atoms with van der Waals surface area (Å²) in [6.07, 6.45) is -2.70. The molecule has 0 saturated heterocycles. The number of alkyl halides is 3. The van der Waals surface area contributed by atoms with Crippen LogP contribution in [-0.2, 0) is 6.18 Å². The van der Waals surface area contributed by atoms with Gasteiger partial charge in [0.25, 0.3) is 0 Å². The van der Waals surface area contributed by atoms with Crippen LogP contribution in [0.15, 0.2) is 41.4 Å². The van der Waals surface area contributed by atoms with Crippen molar-refractivity contribution >= 4 is 12.0 Å². The first-order chi connectivity index (χ1) is 11.2. The van der Waals surface area contributed by atoms with Crippen LogP contribution < -0.4 is 4.74 Å². The highest BCUT2D eigenvalue weighted by atomic mass is 19.4. The van der Waals surface area contributed by atoms with Gasteiger partial charge >= 0.3 is 6.18 Å². The normalized spacial score (nSPS) is 11.8. The molecule has 0 heterocycles. The average Bonchev–Trinajstić information content (AvgIpc) is 2.48. The fourth-order valence-corrected chi connectivity index (χ4v) is 2.06. The minimum atomic E-state index is -4.39. The minimum absolute atomic E-state index is 0.150. The molecule has 0 atom stereocenters. The molecule has 0 amide bonds. The Labute approximate surface area is 139 Å². The van der Waals surface area contributed by atoms with E-state index in [-0.39, 0.29) is 5.75 Å². The fourth-order valence-electron chi connectivity index (χ4n) is 2.06. The van der Waals surface area contributed by atoms with E-state index in [0.29, 0.717) is 5.75 Å². The molecule has 0 radical (unpaired) electrons. The van der Waals surface area contributed by atoms with E-state index < -0.39 is 11.7 Å². The van der Waals surface area contributed by atoms with E-state index in [2.05, 4.69) is 4.99 Å². The van der Waals surface area contributed by atoms with Crippen molar-refractivity contribution in [2.24, 2.45) is 4.99 Å². The lowest BCUT2D eigenvalue weighted by molar-refractivity contribution is -0.137. The predicted molar refractivity (Wildman–Crippen MR) is 89.3 cm³/mol. The zero-order valence-electron chi connectivity index (χ0n) is 14.0. The summed E-state index contributed by atoms with van der Waals surface area (Å²) in [5.41, 5.74) is 1.73. The Morgan fingerprint density at radius 1 is 1.04 bits per heavy atom. The predicted octanol–water partition coefficient (Wildman–Crippen LogP) is 5.34. The molecular formula is C18H19F3N2O. The molecule has 0 aliphatic rings. The number of nitrogens with zero attached hydrogens (tertiary/aromatic N) is 2. The van der Waals surface area contributed by atoms with Gasteiger partial charge in [0.15, 0.2) is 0 Å². The molecule has 2 rings (SSSR count). The van der Waals surface area contributed by atoms with E-state index in [9.17, 15) is 13.2 Å². The van der Waals surface area contributed by atoms with E-state index in [4.69, 9.17) is 4.74 Å². The Balaban J connectivity index is 2.29. The van der Waals surface area contributed by atoms with Gasteiger partial charge in [-0.25, -0.2) is 4.99 Å². The summed E-state index contributed by atoms with van der Waals surface area (Å²) >= 11 is 0. The second-order valence-electron chi connectivity index (χ2n) is 5.74. The SMILES string of the molecule is Cc1cc(Oc2cccc(C(F)(F)F)c2)c(C)cc1/N=C/N(C)C. The lowest BCUT2D eigenvalue weighted by Gasteiger charge is -2.13. The first-order valence-corrected chi connectivity index (χ1v) is 7.34. The van der Waals surface area contributed by atoms with Crippen LogP contribution in [0.4, 0.5) is 18.9 Å². The number of aryl methyl sites for hydroxylation is 2. The van der Waals surface area contributed by atoms with E-state index in [1.54, 1.807) is 12.4 Å². The molecule has 0 bridgehead atoms. The van der Waals surface area contributed by atoms with Crippen LogP contribution >= 0.6 is 0 Å². The van der Waals surface area contributed by atoms with Crippen LogP contribution in [0.5, 0.6) is 11.5 Å². The summed E-state index contributed by atoms with van der Waals surface area (Å²) in [5, 5.41) is 0. The number of ether oxygens (including phenoxy) is 1. The molecule has 0 aliphatic carbocycles. The van der Waals surface area contributed by atoms with Gasteiger partial charge in [0.1, 0.15) is 11.5 Å². The van der Waals surface area contributed by atoms with E-state index in [0.717, 1.165) is 28.9 Å². The van der Waals surface area contributed by atoms with Crippen molar-refractivity contribution in [2.45, 2.75) is 20.0 Å². The van der Waals surface area contributed by atoms with Crippen LogP contribution in [0, 0.1) is 13.8 Å². The highest BCUT2D eigenvalue weighted by Crippen LogP contribution is 2.35. The monoisotopic (exact) mass is 336 g/mol. The molecule has 0 unspecified atom stereocenters. The summed E-state index contributed by atoms with van der Waals surface area (Å²) in [6.45, 7) is 3.71. The topological polar surface area (TPSA) is 24.8 Å². The third-order valence-corrected chi connectivity index (χ3v) is 3.31. The van der Waals surface area contributed by atoms with Gasteiger partial charge in [-0.05, 0) is 55.3 Å². The molecule has 0 aliphatic heterocycles. The van der Waals surface area contributed by atoms with Gasteiger partial charge in [0.2, 0.25) is 0 Å². The maximum atomic E-state index is 12.8. The van der Waals surface area contributed by atoms with Crippen molar-refractivity contribution < 1.29 is 17.9 Å². The second-order valence-corrected chi connectivity index (χ2v) is 5.74. The summed E-state index contributed by atoms with van der Waals surface area (Å²) in [7, 11) is 3.74. The van der Waals surface area contributed by atoms with Gasteiger partial charge in [-0.1, -0.05) is 6.07 Å². The molecular weight excluding hydrogens is 317 g/mol. The second kappa shape index (κ2) is 6.95. The molecule has 2 aromatic carbocycles. The van der Waals surface area contributed by atoms with Crippen LogP contribution in [-0.4, -0.2) is 25.3 Å². The zero-order chi connectivity index (χ0) is 17.9. The van der Waals surface area contributed by atoms with Gasteiger partial charge in [-0.15, -0.1) is 0 Å². The van der Waals surface area contributed by atoms with E-state index >= 15 is 0 Å². The highest BCUT2D eigenvalue weighted by molar-refractivity contribution is 5.64. The summed E-state index contributed by atoms with van der Waals surface area (Å²) in [4.78, 5) is 6.18. The first-order valence-electron chi connectivity index (χ1n) is 7.34. The van der Waals surface area contributed by atoms with E-state index in [1.807, 2.05) is 38.9 Å². The minimum Gasteiger partial charge on any atom is -0.457 e. The quantitative estimate of drug-likeness (QED) is 0.556. The molecule has 0 spiro atoms. The van der Waals surface area contributed by atoms with E-state index in [1.165, 1.54) is 12.1 Å². The Kier molecular flexibility index (Phi) is 5.17.